The number of aliphatic hydroxyl groups excluding tert-OH is 1. The van der Waals surface area contributed by atoms with Crippen LogP contribution in [-0.4, -0.2) is 72.1 Å². The second-order valence-corrected chi connectivity index (χ2v) is 11.1. The largest absolute Gasteiger partial charge is 0.507 e. The molecule has 0 saturated carbocycles. The zero-order valence-electron chi connectivity index (χ0n) is 25.2. The number of Topliss-reactive ketones (excluding diaryl/α,β-unsaturated/α-hetero) is 1. The lowest BCUT2D eigenvalue weighted by Gasteiger charge is -2.28. The van der Waals surface area contributed by atoms with Crippen LogP contribution in [0.4, 0.5) is 0 Å². The molecule has 2 atom stereocenters. The number of benzene rings is 2. The van der Waals surface area contributed by atoms with Gasteiger partial charge in [-0.25, -0.2) is 0 Å². The number of hydrogen-bond acceptors (Lipinski definition) is 7. The normalized spacial score (nSPS) is 19.7. The van der Waals surface area contributed by atoms with Gasteiger partial charge >= 0.3 is 0 Å². The molecule has 2 aliphatic heterocycles. The molecule has 1 N–H and O–H groups in total. The third-order valence-electron chi connectivity index (χ3n) is 7.80. The number of carbonyl (C=O) groups is 2. The molecule has 0 aromatic heterocycles. The number of ether oxygens (including phenoxy) is 3. The van der Waals surface area contributed by atoms with Crippen LogP contribution in [-0.2, 0) is 16.0 Å². The molecule has 2 aliphatic rings. The van der Waals surface area contributed by atoms with E-state index in [-0.39, 0.29) is 17.4 Å². The van der Waals surface area contributed by atoms with Crippen LogP contribution in [0.2, 0.25) is 0 Å². The smallest absolute Gasteiger partial charge is 0.295 e. The molecule has 0 bridgehead atoms. The van der Waals surface area contributed by atoms with E-state index in [9.17, 15) is 14.7 Å². The fourth-order valence-corrected chi connectivity index (χ4v) is 5.46. The van der Waals surface area contributed by atoms with Gasteiger partial charge in [0, 0.05) is 25.1 Å². The quantitative estimate of drug-likeness (QED) is 0.193. The van der Waals surface area contributed by atoms with Crippen LogP contribution in [0.25, 0.3) is 5.76 Å². The molecule has 41 heavy (non-hydrogen) atoms. The summed E-state index contributed by atoms with van der Waals surface area (Å²) in [6.45, 7) is 15.9. The molecule has 0 radical (unpaired) electrons. The topological polar surface area (TPSA) is 88.5 Å². The van der Waals surface area contributed by atoms with E-state index >= 15 is 0 Å². The van der Waals surface area contributed by atoms with Crippen LogP contribution in [0.3, 0.4) is 0 Å². The fourth-order valence-electron chi connectivity index (χ4n) is 5.46. The number of aliphatic hydroxyl groups is 1. The highest BCUT2D eigenvalue weighted by molar-refractivity contribution is 6.46. The maximum atomic E-state index is 13.6. The molecule has 2 aromatic carbocycles. The molecule has 0 aliphatic carbocycles. The Kier molecular flexibility index (Phi) is 9.97. The lowest BCUT2D eigenvalue weighted by molar-refractivity contribution is -0.140. The first kappa shape index (κ1) is 30.4. The molecule has 1 fully saturated rings. The van der Waals surface area contributed by atoms with E-state index in [4.69, 9.17) is 14.2 Å². The summed E-state index contributed by atoms with van der Waals surface area (Å²) < 4.78 is 17.8. The Labute approximate surface area is 243 Å². The van der Waals surface area contributed by atoms with Gasteiger partial charge in [-0.05, 0) is 80.7 Å². The van der Waals surface area contributed by atoms with Gasteiger partial charge in [-0.3, -0.25) is 9.59 Å². The Morgan fingerprint density at radius 3 is 2.51 bits per heavy atom. The number of likely N-dealkylation sites (N-methyl/N-ethyl adjacent to an activating group) is 1. The van der Waals surface area contributed by atoms with E-state index in [2.05, 4.69) is 32.6 Å². The number of amides is 1. The molecule has 8 nitrogen and oxygen atoms in total. The maximum Gasteiger partial charge on any atom is 0.295 e. The summed E-state index contributed by atoms with van der Waals surface area (Å²) in [4.78, 5) is 30.8. The van der Waals surface area contributed by atoms with Gasteiger partial charge in [-0.2, -0.15) is 0 Å². The van der Waals surface area contributed by atoms with E-state index in [1.165, 1.54) is 0 Å². The second-order valence-electron chi connectivity index (χ2n) is 11.1. The zero-order valence-corrected chi connectivity index (χ0v) is 25.2. The summed E-state index contributed by atoms with van der Waals surface area (Å²) in [5.74, 6) is 0.959. The summed E-state index contributed by atoms with van der Waals surface area (Å²) in [7, 11) is 0. The van der Waals surface area contributed by atoms with Gasteiger partial charge in [-0.15, -0.1) is 0 Å². The van der Waals surface area contributed by atoms with E-state index in [1.54, 1.807) is 11.0 Å². The minimum Gasteiger partial charge on any atom is -0.507 e. The van der Waals surface area contributed by atoms with Gasteiger partial charge in [0.2, 0.25) is 0 Å². The van der Waals surface area contributed by atoms with Crippen LogP contribution in [0, 0.1) is 5.92 Å². The number of nitrogens with zero attached hydrogens (tertiary/aromatic N) is 2. The van der Waals surface area contributed by atoms with Gasteiger partial charge in [0.1, 0.15) is 17.6 Å². The number of rotatable bonds is 13. The van der Waals surface area contributed by atoms with Crippen molar-refractivity contribution in [2.45, 2.75) is 66.5 Å². The van der Waals surface area contributed by atoms with Crippen molar-refractivity contribution < 1.29 is 28.9 Å². The van der Waals surface area contributed by atoms with Gasteiger partial charge in [0.25, 0.3) is 11.7 Å². The number of ketones is 1. The van der Waals surface area contributed by atoms with Crippen LogP contribution in [0.1, 0.15) is 70.7 Å². The van der Waals surface area contributed by atoms with Gasteiger partial charge in [0.15, 0.2) is 11.5 Å². The van der Waals surface area contributed by atoms with Crippen molar-refractivity contribution in [3.63, 3.8) is 0 Å². The molecule has 0 spiro atoms. The highest BCUT2D eigenvalue weighted by atomic mass is 16.5. The predicted molar refractivity (Wildman–Crippen MR) is 160 cm³/mol. The SMILES string of the molecule is CCOc1cc([C@H]2/C(=C(\O)c3ccc4c(c3)C[C@H](C)O4)C(=O)C(=O)N2CCN(CC)CC)ccc1OCCC(C)C. The summed E-state index contributed by atoms with van der Waals surface area (Å²) >= 11 is 0. The average Bonchev–Trinajstić information content (AvgIpc) is 3.44. The number of hydrogen-bond donors (Lipinski definition) is 1. The Bertz CT molecular complexity index is 1280. The minimum absolute atomic E-state index is 0.0475. The summed E-state index contributed by atoms with van der Waals surface area (Å²) in [5.41, 5.74) is 2.22. The summed E-state index contributed by atoms with van der Waals surface area (Å²) in [5, 5.41) is 11.6. The van der Waals surface area contributed by atoms with E-state index < -0.39 is 17.7 Å². The van der Waals surface area contributed by atoms with Crippen molar-refractivity contribution in [3.8, 4) is 17.2 Å². The molecule has 2 heterocycles. The van der Waals surface area contributed by atoms with Crippen molar-refractivity contribution >= 4 is 17.4 Å². The number of fused-ring (bicyclic) bond motifs is 1. The van der Waals surface area contributed by atoms with Gasteiger partial charge in [-0.1, -0.05) is 33.8 Å². The van der Waals surface area contributed by atoms with Crippen LogP contribution in [0.15, 0.2) is 42.0 Å². The molecular weight excluding hydrogens is 520 g/mol. The average molecular weight is 565 g/mol. The lowest BCUT2D eigenvalue weighted by Crippen LogP contribution is -2.38. The summed E-state index contributed by atoms with van der Waals surface area (Å²) in [6.07, 6.45) is 1.67. The van der Waals surface area contributed by atoms with E-state index in [1.807, 2.05) is 44.2 Å². The van der Waals surface area contributed by atoms with E-state index in [0.29, 0.717) is 61.3 Å². The Hall–Kier alpha value is -3.52. The van der Waals surface area contributed by atoms with Crippen molar-refractivity contribution in [3.05, 3.63) is 58.7 Å². The summed E-state index contributed by atoms with van der Waals surface area (Å²) in [6, 6.07) is 10.2. The van der Waals surface area contributed by atoms with Crippen molar-refractivity contribution in [2.75, 3.05) is 39.4 Å². The Morgan fingerprint density at radius 2 is 1.83 bits per heavy atom. The van der Waals surface area contributed by atoms with Crippen LogP contribution in [0.5, 0.6) is 17.2 Å². The molecular formula is C33H44N2O6. The first-order valence-electron chi connectivity index (χ1n) is 14.9. The van der Waals surface area contributed by atoms with Crippen molar-refractivity contribution in [2.24, 2.45) is 5.92 Å². The monoisotopic (exact) mass is 564 g/mol. The van der Waals surface area contributed by atoms with E-state index in [0.717, 1.165) is 30.8 Å². The molecule has 1 saturated heterocycles. The Balaban J connectivity index is 1.78. The van der Waals surface area contributed by atoms with Crippen molar-refractivity contribution in [1.82, 2.24) is 9.80 Å². The standard InChI is InChI=1S/C33H44N2O6/c1-7-34(8-2)15-16-35-30(23-10-13-27(28(20-23)39-9-3)40-17-14-21(4)5)29(32(37)33(35)38)31(36)24-11-12-26-25(19-24)18-22(6)41-26/h10-13,19-22,30,36H,7-9,14-18H2,1-6H3/b31-29+/t22-,30-/m0/s1. The molecule has 4 rings (SSSR count). The van der Waals surface area contributed by atoms with Gasteiger partial charge < -0.3 is 29.1 Å². The second kappa shape index (κ2) is 13.4. The van der Waals surface area contributed by atoms with Crippen molar-refractivity contribution in [1.29, 1.82) is 0 Å². The van der Waals surface area contributed by atoms with Crippen LogP contribution >= 0.6 is 0 Å². The first-order chi connectivity index (χ1) is 19.7. The number of likely N-dealkylation sites (tertiary alicyclic amines) is 1. The lowest BCUT2D eigenvalue weighted by atomic mass is 9.94. The zero-order chi connectivity index (χ0) is 29.7. The first-order valence-corrected chi connectivity index (χ1v) is 14.9. The number of carbonyl (C=O) groups excluding carboxylic acids is 2. The Morgan fingerprint density at radius 1 is 1.07 bits per heavy atom. The van der Waals surface area contributed by atoms with Crippen LogP contribution < -0.4 is 14.2 Å². The van der Waals surface area contributed by atoms with Gasteiger partial charge in [0.05, 0.1) is 24.8 Å². The third kappa shape index (κ3) is 6.70. The molecule has 1 amide bonds. The minimum atomic E-state index is -0.766. The maximum absolute atomic E-state index is 13.6. The molecule has 2 aromatic rings. The molecule has 0 unspecified atom stereocenters. The highest BCUT2D eigenvalue weighted by Gasteiger charge is 2.46. The highest BCUT2D eigenvalue weighted by Crippen LogP contribution is 2.43. The predicted octanol–water partition coefficient (Wildman–Crippen LogP) is 5.60. The fraction of sp³-hybridized carbons (Fsp3) is 0.515. The molecule has 222 valence electrons. The third-order valence-corrected chi connectivity index (χ3v) is 7.80. The molecule has 8 heteroatoms.